The van der Waals surface area contributed by atoms with Crippen LogP contribution in [-0.4, -0.2) is 30.1 Å². The molecule has 1 aromatic carbocycles. The molecule has 0 aliphatic carbocycles. The summed E-state index contributed by atoms with van der Waals surface area (Å²) in [7, 11) is 0. The Hall–Kier alpha value is -1.88. The van der Waals surface area contributed by atoms with Gasteiger partial charge in [-0.1, -0.05) is 30.3 Å². The summed E-state index contributed by atoms with van der Waals surface area (Å²) in [5.41, 5.74) is 0.501. The third kappa shape index (κ3) is 4.29. The number of nitrogens with one attached hydrogen (secondary N) is 2. The molecule has 2 rings (SSSR count). The lowest BCUT2D eigenvalue weighted by atomic mass is 10.0. The zero-order valence-electron chi connectivity index (χ0n) is 12.7. The van der Waals surface area contributed by atoms with Gasteiger partial charge in [0, 0.05) is 12.0 Å². The highest BCUT2D eigenvalue weighted by molar-refractivity contribution is 5.85. The molecule has 21 heavy (non-hydrogen) atoms. The Kier molecular flexibility index (Phi) is 4.63. The summed E-state index contributed by atoms with van der Waals surface area (Å²) in [6, 6.07) is 8.40. The minimum absolute atomic E-state index is 0.145. The van der Waals surface area contributed by atoms with Crippen molar-refractivity contribution in [2.45, 2.75) is 44.8 Å². The quantitative estimate of drug-likeness (QED) is 0.826. The van der Waals surface area contributed by atoms with Crippen LogP contribution in [0.5, 0.6) is 0 Å². The Morgan fingerprint density at radius 1 is 1.29 bits per heavy atom. The molecule has 0 aromatic heterocycles. The average molecular weight is 290 g/mol. The second-order valence-corrected chi connectivity index (χ2v) is 6.26. The molecule has 1 aromatic rings. The molecule has 0 spiro atoms. The van der Waals surface area contributed by atoms with Crippen LogP contribution in [0.25, 0.3) is 0 Å². The Balaban J connectivity index is 2.18. The minimum Gasteiger partial charge on any atom is -0.464 e. The van der Waals surface area contributed by atoms with Crippen molar-refractivity contribution in [3.05, 3.63) is 35.9 Å². The number of amides is 1. The van der Waals surface area contributed by atoms with E-state index in [0.29, 0.717) is 13.0 Å². The summed E-state index contributed by atoms with van der Waals surface area (Å²) >= 11 is 0. The van der Waals surface area contributed by atoms with Gasteiger partial charge in [0.25, 0.3) is 0 Å². The van der Waals surface area contributed by atoms with Gasteiger partial charge in [-0.2, -0.15) is 0 Å². The van der Waals surface area contributed by atoms with E-state index in [1.165, 1.54) is 0 Å². The van der Waals surface area contributed by atoms with E-state index in [1.807, 2.05) is 51.1 Å². The van der Waals surface area contributed by atoms with E-state index in [0.717, 1.165) is 5.56 Å². The predicted molar refractivity (Wildman–Crippen MR) is 79.6 cm³/mol. The molecule has 5 heteroatoms. The summed E-state index contributed by atoms with van der Waals surface area (Å²) in [4.78, 5) is 24.2. The van der Waals surface area contributed by atoms with Gasteiger partial charge in [0.1, 0.15) is 12.1 Å². The van der Waals surface area contributed by atoms with Crippen molar-refractivity contribution in [3.63, 3.8) is 0 Å². The number of rotatable bonds is 4. The van der Waals surface area contributed by atoms with Crippen molar-refractivity contribution >= 4 is 11.9 Å². The fourth-order valence-electron chi connectivity index (χ4n) is 2.26. The van der Waals surface area contributed by atoms with Crippen LogP contribution in [0.4, 0.5) is 0 Å². The maximum absolute atomic E-state index is 12.5. The molecule has 0 radical (unpaired) electrons. The first-order valence-corrected chi connectivity index (χ1v) is 7.16. The first-order valence-electron chi connectivity index (χ1n) is 7.16. The van der Waals surface area contributed by atoms with Crippen molar-refractivity contribution < 1.29 is 14.3 Å². The molecule has 114 valence electrons. The topological polar surface area (TPSA) is 67.4 Å². The number of cyclic esters (lactones) is 1. The van der Waals surface area contributed by atoms with E-state index < -0.39 is 12.1 Å². The second-order valence-electron chi connectivity index (χ2n) is 6.26. The minimum atomic E-state index is -0.568. The number of benzene rings is 1. The molecule has 1 fully saturated rings. The van der Waals surface area contributed by atoms with Gasteiger partial charge in [-0.3, -0.25) is 14.9 Å². The highest BCUT2D eigenvalue weighted by Gasteiger charge is 2.32. The molecule has 0 saturated carbocycles. The largest absolute Gasteiger partial charge is 0.464 e. The summed E-state index contributed by atoms with van der Waals surface area (Å²) in [6.45, 7) is 6.18. The van der Waals surface area contributed by atoms with Crippen LogP contribution in [0, 0.1) is 0 Å². The molecule has 2 atom stereocenters. The van der Waals surface area contributed by atoms with Crippen molar-refractivity contribution in [3.8, 4) is 0 Å². The smallest absolute Gasteiger partial charge is 0.323 e. The molecule has 0 bridgehead atoms. The van der Waals surface area contributed by atoms with Crippen molar-refractivity contribution in [2.24, 2.45) is 0 Å². The zero-order valence-corrected chi connectivity index (χ0v) is 12.7. The van der Waals surface area contributed by atoms with Gasteiger partial charge in [0.05, 0.1) is 6.61 Å². The van der Waals surface area contributed by atoms with E-state index >= 15 is 0 Å². The van der Waals surface area contributed by atoms with Crippen LogP contribution in [0.2, 0.25) is 0 Å². The van der Waals surface area contributed by atoms with Gasteiger partial charge in [0.2, 0.25) is 5.91 Å². The number of carbonyl (C=O) groups excluding carboxylic acids is 2. The average Bonchev–Trinajstić information content (AvgIpc) is 2.80. The number of carbonyl (C=O) groups is 2. The second kappa shape index (κ2) is 6.26. The van der Waals surface area contributed by atoms with Crippen molar-refractivity contribution in [2.75, 3.05) is 6.61 Å². The number of esters is 1. The molecule has 1 unspecified atom stereocenters. The maximum Gasteiger partial charge on any atom is 0.323 e. The molecule has 1 saturated heterocycles. The Labute approximate surface area is 125 Å². The van der Waals surface area contributed by atoms with Crippen molar-refractivity contribution in [1.82, 2.24) is 10.6 Å². The number of ether oxygens (including phenoxy) is 1. The Morgan fingerprint density at radius 3 is 2.48 bits per heavy atom. The summed E-state index contributed by atoms with van der Waals surface area (Å²) < 4.78 is 4.95. The lowest BCUT2D eigenvalue weighted by Crippen LogP contribution is -2.49. The monoisotopic (exact) mass is 290 g/mol. The molecule has 2 N–H and O–H groups in total. The first-order chi connectivity index (χ1) is 9.87. The third-order valence-electron chi connectivity index (χ3n) is 3.20. The van der Waals surface area contributed by atoms with E-state index in [-0.39, 0.29) is 17.4 Å². The summed E-state index contributed by atoms with van der Waals surface area (Å²) in [6.07, 6.45) is 0.588. The van der Waals surface area contributed by atoms with Crippen molar-refractivity contribution in [1.29, 1.82) is 0 Å². The fraction of sp³-hybridized carbons (Fsp3) is 0.500. The van der Waals surface area contributed by atoms with Gasteiger partial charge >= 0.3 is 5.97 Å². The number of hydrogen-bond donors (Lipinski definition) is 2. The summed E-state index contributed by atoms with van der Waals surface area (Å²) in [5.74, 6) is -0.437. The van der Waals surface area contributed by atoms with Crippen LogP contribution in [0.3, 0.4) is 0 Å². The number of hydrogen-bond acceptors (Lipinski definition) is 4. The highest BCUT2D eigenvalue weighted by atomic mass is 16.5. The van der Waals surface area contributed by atoms with Gasteiger partial charge < -0.3 is 10.1 Å². The lowest BCUT2D eigenvalue weighted by molar-refractivity contribution is -0.140. The molecule has 1 aliphatic rings. The predicted octanol–water partition coefficient (Wildman–Crippen LogP) is 1.55. The van der Waals surface area contributed by atoms with Gasteiger partial charge in [0.15, 0.2) is 0 Å². The highest BCUT2D eigenvalue weighted by Crippen LogP contribution is 2.18. The van der Waals surface area contributed by atoms with E-state index in [4.69, 9.17) is 4.74 Å². The lowest BCUT2D eigenvalue weighted by Gasteiger charge is -2.27. The molecule has 1 heterocycles. The van der Waals surface area contributed by atoms with Crippen LogP contribution in [0.1, 0.15) is 38.8 Å². The van der Waals surface area contributed by atoms with Crippen LogP contribution < -0.4 is 10.6 Å². The van der Waals surface area contributed by atoms with Crippen LogP contribution in [0.15, 0.2) is 30.3 Å². The Morgan fingerprint density at radius 2 is 1.95 bits per heavy atom. The SMILES string of the molecule is CC(C)(C)NC(=O)C(N[C@H]1CCOC1=O)c1ccccc1. The zero-order chi connectivity index (χ0) is 15.5. The normalized spacial score (nSPS) is 20.0. The van der Waals surface area contributed by atoms with E-state index in [2.05, 4.69) is 10.6 Å². The summed E-state index contributed by atoms with van der Waals surface area (Å²) in [5, 5.41) is 6.07. The molecule has 1 aliphatic heterocycles. The molecule has 1 amide bonds. The molecule has 5 nitrogen and oxygen atoms in total. The molecular weight excluding hydrogens is 268 g/mol. The Bertz CT molecular complexity index is 508. The van der Waals surface area contributed by atoms with E-state index in [9.17, 15) is 9.59 Å². The third-order valence-corrected chi connectivity index (χ3v) is 3.20. The molecular formula is C16H22N2O3. The van der Waals surface area contributed by atoms with Gasteiger partial charge in [-0.25, -0.2) is 0 Å². The van der Waals surface area contributed by atoms with E-state index in [1.54, 1.807) is 0 Å². The van der Waals surface area contributed by atoms with Crippen LogP contribution >= 0.6 is 0 Å². The van der Waals surface area contributed by atoms with Crippen LogP contribution in [-0.2, 0) is 14.3 Å². The maximum atomic E-state index is 12.5. The van der Waals surface area contributed by atoms with Gasteiger partial charge in [-0.05, 0) is 26.3 Å². The first kappa shape index (κ1) is 15.5. The van der Waals surface area contributed by atoms with Gasteiger partial charge in [-0.15, -0.1) is 0 Å². The standard InChI is InChI=1S/C16H22N2O3/c1-16(2,3)18-14(19)13(11-7-5-4-6-8-11)17-12-9-10-21-15(12)20/h4-8,12-13,17H,9-10H2,1-3H3,(H,18,19)/t12-,13?/m0/s1. The fourth-order valence-corrected chi connectivity index (χ4v) is 2.26.